The smallest absolute Gasteiger partial charge is 0.229 e. The van der Waals surface area contributed by atoms with Crippen molar-refractivity contribution in [3.63, 3.8) is 0 Å². The number of sulfonamides is 1. The van der Waals surface area contributed by atoms with Crippen LogP contribution in [0.2, 0.25) is 0 Å². The minimum Gasteiger partial charge on any atom is -0.293 e. The molecule has 0 aromatic heterocycles. The highest BCUT2D eigenvalue weighted by Gasteiger charge is 2.18. The Labute approximate surface area is 120 Å². The molecule has 6 heteroatoms. The minimum atomic E-state index is -3.30. The molecule has 0 bridgehead atoms. The van der Waals surface area contributed by atoms with Crippen molar-refractivity contribution in [3.8, 4) is 0 Å². The number of Topliss-reactive ketones (excluding diaryl/α,β-unsaturated/α-hetero) is 1. The van der Waals surface area contributed by atoms with Gasteiger partial charge in [-0.1, -0.05) is 6.08 Å². The van der Waals surface area contributed by atoms with Crippen molar-refractivity contribution >= 4 is 21.5 Å². The monoisotopic (exact) mass is 296 g/mol. The second kappa shape index (κ2) is 6.67. The van der Waals surface area contributed by atoms with Crippen molar-refractivity contribution in [1.29, 1.82) is 0 Å². The van der Waals surface area contributed by atoms with Gasteiger partial charge in [-0.3, -0.25) is 14.4 Å². The van der Waals surface area contributed by atoms with E-state index in [0.717, 1.165) is 6.26 Å². The average molecular weight is 296 g/mol. The third-order valence-corrected chi connectivity index (χ3v) is 3.54. The summed E-state index contributed by atoms with van der Waals surface area (Å²) < 4.78 is 24.5. The van der Waals surface area contributed by atoms with E-state index in [2.05, 4.69) is 11.3 Å². The predicted molar refractivity (Wildman–Crippen MR) is 81.5 cm³/mol. The maximum absolute atomic E-state index is 12.2. The van der Waals surface area contributed by atoms with Crippen LogP contribution in [0.3, 0.4) is 0 Å². The number of nitrogens with one attached hydrogen (secondary N) is 1. The largest absolute Gasteiger partial charge is 0.293 e. The maximum atomic E-state index is 12.2. The summed E-state index contributed by atoms with van der Waals surface area (Å²) in [5.41, 5.74) is 0.989. The van der Waals surface area contributed by atoms with Gasteiger partial charge in [0.1, 0.15) is 0 Å². The Balaban J connectivity index is 2.82. The summed E-state index contributed by atoms with van der Waals surface area (Å²) >= 11 is 0. The van der Waals surface area contributed by atoms with Crippen LogP contribution in [0.15, 0.2) is 36.9 Å². The number of ketones is 1. The van der Waals surface area contributed by atoms with E-state index in [0.29, 0.717) is 17.8 Å². The second-order valence-electron chi connectivity index (χ2n) is 4.72. The first-order chi connectivity index (χ1) is 9.24. The quantitative estimate of drug-likeness (QED) is 0.615. The molecule has 0 aliphatic carbocycles. The molecule has 0 saturated heterocycles. The molecule has 0 aliphatic rings. The lowest BCUT2D eigenvalue weighted by Gasteiger charge is -2.22. The summed E-state index contributed by atoms with van der Waals surface area (Å²) in [6.07, 6.45) is 2.82. The molecule has 0 aliphatic heterocycles. The van der Waals surface area contributed by atoms with Crippen LogP contribution in [0, 0.1) is 0 Å². The number of carbonyl (C=O) groups excluding carboxylic acids is 1. The lowest BCUT2D eigenvalue weighted by molar-refractivity contribution is 0.0879. The van der Waals surface area contributed by atoms with Gasteiger partial charge in [0.05, 0.1) is 12.3 Å². The first kappa shape index (κ1) is 16.4. The van der Waals surface area contributed by atoms with Crippen LogP contribution in [0.4, 0.5) is 5.69 Å². The third-order valence-electron chi connectivity index (χ3n) is 2.93. The van der Waals surface area contributed by atoms with Gasteiger partial charge in [0.15, 0.2) is 5.78 Å². The highest BCUT2D eigenvalue weighted by molar-refractivity contribution is 7.92. The summed E-state index contributed by atoms with van der Waals surface area (Å²) in [5, 5.41) is 0. The van der Waals surface area contributed by atoms with Crippen LogP contribution in [-0.2, 0) is 10.0 Å². The molecular formula is C14H20N2O3S. The molecule has 0 saturated carbocycles. The zero-order chi connectivity index (χ0) is 15.3. The zero-order valence-corrected chi connectivity index (χ0v) is 12.8. The molecule has 0 spiro atoms. The van der Waals surface area contributed by atoms with Crippen molar-refractivity contribution < 1.29 is 13.2 Å². The van der Waals surface area contributed by atoms with Crippen molar-refractivity contribution in [1.82, 2.24) is 4.90 Å². The fourth-order valence-electron chi connectivity index (χ4n) is 1.72. The van der Waals surface area contributed by atoms with Crippen LogP contribution < -0.4 is 4.72 Å². The van der Waals surface area contributed by atoms with Crippen LogP contribution in [-0.4, -0.2) is 45.0 Å². The minimum absolute atomic E-state index is 0.0137. The summed E-state index contributed by atoms with van der Waals surface area (Å²) in [6, 6.07) is 6.13. The van der Waals surface area contributed by atoms with Crippen LogP contribution >= 0.6 is 0 Å². The van der Waals surface area contributed by atoms with E-state index < -0.39 is 10.0 Å². The molecule has 20 heavy (non-hydrogen) atoms. The highest BCUT2D eigenvalue weighted by atomic mass is 32.2. The Kier molecular flexibility index (Phi) is 5.47. The van der Waals surface area contributed by atoms with Gasteiger partial charge in [0, 0.05) is 17.8 Å². The van der Waals surface area contributed by atoms with Crippen LogP contribution in [0.1, 0.15) is 17.3 Å². The van der Waals surface area contributed by atoms with Gasteiger partial charge in [0.2, 0.25) is 10.0 Å². The lowest BCUT2D eigenvalue weighted by Crippen LogP contribution is -2.36. The van der Waals surface area contributed by atoms with E-state index in [1.54, 1.807) is 30.3 Å². The standard InChI is InChI=1S/C14H20N2O3S/c1-5-10-16(3)11(2)14(17)12-6-8-13(9-7-12)15-20(4,18)19/h5-9,11,15H,1,10H2,2-4H3/t11-/m0/s1. The number of likely N-dealkylation sites (N-methyl/N-ethyl adjacent to an activating group) is 1. The highest BCUT2D eigenvalue weighted by Crippen LogP contribution is 2.13. The molecule has 0 radical (unpaired) electrons. The molecule has 0 amide bonds. The number of anilines is 1. The average Bonchev–Trinajstić information content (AvgIpc) is 2.36. The Morgan fingerprint density at radius 1 is 1.40 bits per heavy atom. The molecule has 0 fully saturated rings. The van der Waals surface area contributed by atoms with Gasteiger partial charge in [-0.25, -0.2) is 8.42 Å². The van der Waals surface area contributed by atoms with E-state index in [1.807, 2.05) is 18.9 Å². The van der Waals surface area contributed by atoms with Gasteiger partial charge in [-0.2, -0.15) is 0 Å². The van der Waals surface area contributed by atoms with E-state index in [9.17, 15) is 13.2 Å². The Hall–Kier alpha value is -1.66. The molecule has 1 rings (SSSR count). The number of benzene rings is 1. The summed E-state index contributed by atoms with van der Waals surface area (Å²) in [6.45, 7) is 6.10. The third kappa shape index (κ3) is 4.79. The SMILES string of the molecule is C=CCN(C)[C@@H](C)C(=O)c1ccc(NS(C)(=O)=O)cc1. The predicted octanol–water partition coefficient (Wildman–Crippen LogP) is 1.75. The first-order valence-corrected chi connectivity index (χ1v) is 8.07. The van der Waals surface area contributed by atoms with E-state index in [4.69, 9.17) is 0 Å². The molecule has 1 aromatic rings. The Morgan fingerprint density at radius 2 is 1.95 bits per heavy atom. The second-order valence-corrected chi connectivity index (χ2v) is 6.47. The number of hydrogen-bond acceptors (Lipinski definition) is 4. The van der Waals surface area contributed by atoms with E-state index >= 15 is 0 Å². The number of rotatable bonds is 7. The van der Waals surface area contributed by atoms with Gasteiger partial charge < -0.3 is 0 Å². The van der Waals surface area contributed by atoms with E-state index in [1.165, 1.54) is 0 Å². The Morgan fingerprint density at radius 3 is 2.40 bits per heavy atom. The Bertz CT molecular complexity index is 579. The van der Waals surface area contributed by atoms with Gasteiger partial charge >= 0.3 is 0 Å². The fourth-order valence-corrected chi connectivity index (χ4v) is 2.28. The molecule has 0 heterocycles. The zero-order valence-electron chi connectivity index (χ0n) is 12.0. The molecule has 1 aromatic carbocycles. The molecule has 1 N–H and O–H groups in total. The molecule has 1 atom stereocenters. The van der Waals surface area contributed by atoms with E-state index in [-0.39, 0.29) is 11.8 Å². The maximum Gasteiger partial charge on any atom is 0.229 e. The molecule has 5 nitrogen and oxygen atoms in total. The van der Waals surface area contributed by atoms with Gasteiger partial charge in [0.25, 0.3) is 0 Å². The van der Waals surface area contributed by atoms with Crippen LogP contribution in [0.25, 0.3) is 0 Å². The normalized spacial score (nSPS) is 13.0. The number of nitrogens with zero attached hydrogens (tertiary/aromatic N) is 1. The summed E-state index contributed by atoms with van der Waals surface area (Å²) in [4.78, 5) is 14.1. The van der Waals surface area contributed by atoms with Crippen molar-refractivity contribution in [2.24, 2.45) is 0 Å². The van der Waals surface area contributed by atoms with Crippen molar-refractivity contribution in [2.75, 3.05) is 24.6 Å². The topological polar surface area (TPSA) is 66.5 Å². The van der Waals surface area contributed by atoms with Gasteiger partial charge in [-0.15, -0.1) is 6.58 Å². The lowest BCUT2D eigenvalue weighted by atomic mass is 10.0. The van der Waals surface area contributed by atoms with Crippen molar-refractivity contribution in [3.05, 3.63) is 42.5 Å². The first-order valence-electron chi connectivity index (χ1n) is 6.18. The molecule has 0 unspecified atom stereocenters. The fraction of sp³-hybridized carbons (Fsp3) is 0.357. The summed E-state index contributed by atoms with van der Waals surface area (Å²) in [7, 11) is -1.45. The number of carbonyl (C=O) groups is 1. The van der Waals surface area contributed by atoms with Crippen LogP contribution in [0.5, 0.6) is 0 Å². The van der Waals surface area contributed by atoms with Gasteiger partial charge in [-0.05, 0) is 38.2 Å². The molecule has 110 valence electrons. The molecular weight excluding hydrogens is 276 g/mol. The summed E-state index contributed by atoms with van der Waals surface area (Å²) in [5.74, 6) is -0.0137. The number of hydrogen-bond donors (Lipinski definition) is 1. The van der Waals surface area contributed by atoms with Crippen molar-refractivity contribution in [2.45, 2.75) is 13.0 Å².